The first-order valence-electron chi connectivity index (χ1n) is 4.72. The Bertz CT molecular complexity index is 452. The summed E-state index contributed by atoms with van der Waals surface area (Å²) in [5.41, 5.74) is 7.24. The number of benzene rings is 1. The molecule has 1 aliphatic rings. The van der Waals surface area contributed by atoms with Gasteiger partial charge >= 0.3 is 0 Å². The molecule has 1 aromatic heterocycles. The molecule has 1 heterocycles. The number of aromatic nitrogens is 1. The summed E-state index contributed by atoms with van der Waals surface area (Å²) in [6, 6.07) is 11.1. The summed E-state index contributed by atoms with van der Waals surface area (Å²) >= 11 is 0. The average molecular weight is 172 g/mol. The van der Waals surface area contributed by atoms with Gasteiger partial charge in [-0.3, -0.25) is 0 Å². The number of nitrogens with two attached hydrogens (primary N) is 1. The third-order valence-electron chi connectivity index (χ3n) is 2.69. The maximum atomic E-state index is 5.96. The van der Waals surface area contributed by atoms with Gasteiger partial charge in [0.1, 0.15) is 5.82 Å². The van der Waals surface area contributed by atoms with Crippen LogP contribution in [0, 0.1) is 0 Å². The van der Waals surface area contributed by atoms with Gasteiger partial charge in [0.25, 0.3) is 0 Å². The molecule has 0 spiro atoms. The maximum Gasteiger partial charge on any atom is 0.104 e. The normalized spacial score (nSPS) is 16.6. The summed E-state index contributed by atoms with van der Waals surface area (Å²) in [7, 11) is 0. The number of nitrogens with zero attached hydrogens (tertiary/aromatic N) is 1. The molecule has 1 saturated carbocycles. The van der Waals surface area contributed by atoms with Crippen molar-refractivity contribution in [2.75, 3.05) is 5.73 Å². The highest BCUT2D eigenvalue weighted by Gasteiger charge is 2.26. The van der Waals surface area contributed by atoms with Crippen LogP contribution in [0.15, 0.2) is 30.3 Å². The molecule has 0 saturated heterocycles. The quantitative estimate of drug-likeness (QED) is 0.704. The molecule has 3 rings (SSSR count). The Morgan fingerprint density at radius 1 is 1.23 bits per heavy atom. The summed E-state index contributed by atoms with van der Waals surface area (Å²) in [4.78, 5) is 0. The molecular weight excluding hydrogens is 160 g/mol. The molecule has 66 valence electrons. The Kier molecular flexibility index (Phi) is 1.23. The highest BCUT2D eigenvalue weighted by atomic mass is 15.1. The molecule has 1 aromatic carbocycles. The Hall–Kier alpha value is -1.44. The van der Waals surface area contributed by atoms with Crippen molar-refractivity contribution < 1.29 is 0 Å². The Balaban J connectivity index is 2.35. The number of nitrogen functional groups attached to an aromatic ring is 1. The number of hydrogen-bond donors (Lipinski definition) is 1. The third kappa shape index (κ3) is 0.949. The lowest BCUT2D eigenvalue weighted by molar-refractivity contribution is 0.787. The van der Waals surface area contributed by atoms with Crippen molar-refractivity contribution in [3.8, 4) is 0 Å². The average Bonchev–Trinajstić information content (AvgIpc) is 2.88. The van der Waals surface area contributed by atoms with Crippen LogP contribution < -0.4 is 5.73 Å². The van der Waals surface area contributed by atoms with Crippen molar-refractivity contribution in [3.63, 3.8) is 0 Å². The summed E-state index contributed by atoms with van der Waals surface area (Å²) in [5, 5.41) is 1.26. The van der Waals surface area contributed by atoms with E-state index in [1.54, 1.807) is 0 Å². The fourth-order valence-electron chi connectivity index (χ4n) is 1.94. The van der Waals surface area contributed by atoms with Gasteiger partial charge in [0, 0.05) is 16.9 Å². The highest BCUT2D eigenvalue weighted by Crippen LogP contribution is 2.40. The van der Waals surface area contributed by atoms with Crippen molar-refractivity contribution in [2.24, 2.45) is 0 Å². The molecule has 0 amide bonds. The van der Waals surface area contributed by atoms with Gasteiger partial charge in [-0.2, -0.15) is 0 Å². The Morgan fingerprint density at radius 3 is 2.77 bits per heavy atom. The van der Waals surface area contributed by atoms with E-state index in [0.29, 0.717) is 6.04 Å². The number of para-hydroxylation sites is 1. The zero-order valence-electron chi connectivity index (χ0n) is 7.40. The second-order valence-electron chi connectivity index (χ2n) is 3.73. The first-order chi connectivity index (χ1) is 6.36. The van der Waals surface area contributed by atoms with E-state index in [4.69, 9.17) is 5.73 Å². The molecular formula is C11H12N2. The van der Waals surface area contributed by atoms with Gasteiger partial charge in [0.2, 0.25) is 0 Å². The van der Waals surface area contributed by atoms with Gasteiger partial charge in [-0.15, -0.1) is 0 Å². The fourth-order valence-corrected chi connectivity index (χ4v) is 1.94. The van der Waals surface area contributed by atoms with Gasteiger partial charge in [-0.05, 0) is 25.0 Å². The minimum absolute atomic E-state index is 0.667. The summed E-state index contributed by atoms with van der Waals surface area (Å²) in [5.74, 6) is 0.906. The van der Waals surface area contributed by atoms with E-state index in [2.05, 4.69) is 34.9 Å². The van der Waals surface area contributed by atoms with Gasteiger partial charge < -0.3 is 10.3 Å². The maximum absolute atomic E-state index is 5.96. The summed E-state index contributed by atoms with van der Waals surface area (Å²) in [6.45, 7) is 0. The van der Waals surface area contributed by atoms with Crippen molar-refractivity contribution in [1.29, 1.82) is 0 Å². The van der Waals surface area contributed by atoms with Crippen LogP contribution >= 0.6 is 0 Å². The SMILES string of the molecule is Nc1cc2ccccc2n1C1CC1. The second kappa shape index (κ2) is 2.28. The Labute approximate surface area is 77.0 Å². The first kappa shape index (κ1) is 7.01. The second-order valence-corrected chi connectivity index (χ2v) is 3.73. The fraction of sp³-hybridized carbons (Fsp3) is 0.273. The van der Waals surface area contributed by atoms with Gasteiger partial charge in [-0.1, -0.05) is 18.2 Å². The zero-order valence-corrected chi connectivity index (χ0v) is 7.40. The molecule has 0 unspecified atom stereocenters. The van der Waals surface area contributed by atoms with E-state index >= 15 is 0 Å². The third-order valence-corrected chi connectivity index (χ3v) is 2.69. The van der Waals surface area contributed by atoms with Crippen LogP contribution in [0.25, 0.3) is 10.9 Å². The van der Waals surface area contributed by atoms with Gasteiger partial charge in [0.15, 0.2) is 0 Å². The van der Waals surface area contributed by atoms with E-state index in [0.717, 1.165) is 5.82 Å². The van der Waals surface area contributed by atoms with Crippen LogP contribution in [0.2, 0.25) is 0 Å². The lowest BCUT2D eigenvalue weighted by Crippen LogP contribution is -1.98. The van der Waals surface area contributed by atoms with Crippen LogP contribution in [0.1, 0.15) is 18.9 Å². The van der Waals surface area contributed by atoms with E-state index in [-0.39, 0.29) is 0 Å². The molecule has 2 nitrogen and oxygen atoms in total. The molecule has 0 bridgehead atoms. The minimum atomic E-state index is 0.667. The smallest absolute Gasteiger partial charge is 0.104 e. The molecule has 1 fully saturated rings. The van der Waals surface area contributed by atoms with Crippen LogP contribution in [-0.4, -0.2) is 4.57 Å². The van der Waals surface area contributed by atoms with Crippen molar-refractivity contribution >= 4 is 16.7 Å². The summed E-state index contributed by atoms with van der Waals surface area (Å²) < 4.78 is 2.26. The van der Waals surface area contributed by atoms with Gasteiger partial charge in [-0.25, -0.2) is 0 Å². The highest BCUT2D eigenvalue weighted by molar-refractivity contribution is 5.84. The lowest BCUT2D eigenvalue weighted by Gasteiger charge is -2.04. The van der Waals surface area contributed by atoms with Gasteiger partial charge in [0.05, 0.1) is 0 Å². The van der Waals surface area contributed by atoms with Crippen LogP contribution in [0.5, 0.6) is 0 Å². The molecule has 1 aliphatic carbocycles. The topological polar surface area (TPSA) is 30.9 Å². The number of rotatable bonds is 1. The predicted octanol–water partition coefficient (Wildman–Crippen LogP) is 2.56. The van der Waals surface area contributed by atoms with Crippen molar-refractivity contribution in [3.05, 3.63) is 30.3 Å². The molecule has 13 heavy (non-hydrogen) atoms. The number of anilines is 1. The Morgan fingerprint density at radius 2 is 2.00 bits per heavy atom. The molecule has 0 atom stereocenters. The largest absolute Gasteiger partial charge is 0.385 e. The van der Waals surface area contributed by atoms with E-state index < -0.39 is 0 Å². The number of hydrogen-bond acceptors (Lipinski definition) is 1. The standard InChI is InChI=1S/C11H12N2/c12-11-7-8-3-1-2-4-10(8)13(11)9-5-6-9/h1-4,7,9H,5-6,12H2. The van der Waals surface area contributed by atoms with E-state index in [1.807, 2.05) is 0 Å². The predicted molar refractivity (Wildman–Crippen MR) is 54.6 cm³/mol. The molecule has 2 N–H and O–H groups in total. The first-order valence-corrected chi connectivity index (χ1v) is 4.72. The van der Waals surface area contributed by atoms with Crippen molar-refractivity contribution in [1.82, 2.24) is 4.57 Å². The molecule has 2 heteroatoms. The monoisotopic (exact) mass is 172 g/mol. The van der Waals surface area contributed by atoms with Crippen LogP contribution in [0.4, 0.5) is 5.82 Å². The van der Waals surface area contributed by atoms with E-state index in [9.17, 15) is 0 Å². The van der Waals surface area contributed by atoms with Crippen LogP contribution in [0.3, 0.4) is 0 Å². The molecule has 0 radical (unpaired) electrons. The lowest BCUT2D eigenvalue weighted by atomic mass is 10.2. The zero-order chi connectivity index (χ0) is 8.84. The molecule has 0 aliphatic heterocycles. The van der Waals surface area contributed by atoms with Crippen molar-refractivity contribution in [2.45, 2.75) is 18.9 Å². The van der Waals surface area contributed by atoms with E-state index in [1.165, 1.54) is 23.7 Å². The molecule has 2 aromatic rings. The number of fused-ring (bicyclic) bond motifs is 1. The van der Waals surface area contributed by atoms with Crippen LogP contribution in [-0.2, 0) is 0 Å². The summed E-state index contributed by atoms with van der Waals surface area (Å²) in [6.07, 6.45) is 2.56. The minimum Gasteiger partial charge on any atom is -0.385 e.